The topological polar surface area (TPSA) is 50.5 Å². The molecule has 2 aromatic heterocycles. The minimum atomic E-state index is -1.34. The van der Waals surface area contributed by atoms with Crippen molar-refractivity contribution >= 4 is 28.0 Å². The lowest BCUT2D eigenvalue weighted by atomic mass is 10.4. The van der Waals surface area contributed by atoms with Gasteiger partial charge in [-0.05, 0) is 24.4 Å². The van der Waals surface area contributed by atoms with E-state index in [0.29, 0.717) is 17.2 Å². The third-order valence-electron chi connectivity index (χ3n) is 2.71. The van der Waals surface area contributed by atoms with Crippen LogP contribution in [0.25, 0.3) is 0 Å². The van der Waals surface area contributed by atoms with E-state index in [1.165, 1.54) is 6.26 Å². The molecular weight excluding hydrogens is 282 g/mol. The van der Waals surface area contributed by atoms with Gasteiger partial charge in [-0.15, -0.1) is 11.3 Å². The molecule has 0 fully saturated rings. The Morgan fingerprint density at radius 3 is 2.84 bits per heavy atom. The molecule has 19 heavy (non-hydrogen) atoms. The molecule has 0 aliphatic carbocycles. The van der Waals surface area contributed by atoms with Crippen LogP contribution in [-0.2, 0) is 22.1 Å². The minimum Gasteiger partial charge on any atom is -0.468 e. The van der Waals surface area contributed by atoms with E-state index in [9.17, 15) is 9.00 Å². The molecule has 6 heteroatoms. The number of carbonyl (C=O) groups is 1. The van der Waals surface area contributed by atoms with Crippen molar-refractivity contribution in [3.63, 3.8) is 0 Å². The van der Waals surface area contributed by atoms with Crippen molar-refractivity contribution in [2.45, 2.75) is 18.4 Å². The molecule has 0 unspecified atom stereocenters. The molecule has 0 aromatic carbocycles. The molecule has 0 aliphatic rings. The smallest absolute Gasteiger partial charge is 0.235 e. The van der Waals surface area contributed by atoms with E-state index in [1.54, 1.807) is 36.3 Å². The minimum absolute atomic E-state index is 0.0117. The van der Waals surface area contributed by atoms with Crippen LogP contribution in [-0.4, -0.2) is 27.8 Å². The van der Waals surface area contributed by atoms with Crippen LogP contribution < -0.4 is 0 Å². The summed E-state index contributed by atoms with van der Waals surface area (Å²) in [7, 11) is 0.379. The molecule has 2 heterocycles. The maximum Gasteiger partial charge on any atom is 0.235 e. The quantitative estimate of drug-likeness (QED) is 0.851. The van der Waals surface area contributed by atoms with Gasteiger partial charge in [0.05, 0.1) is 28.5 Å². The first kappa shape index (κ1) is 14.0. The molecule has 0 saturated carbocycles. The molecule has 0 aliphatic heterocycles. The molecule has 1 amide bonds. The largest absolute Gasteiger partial charge is 0.468 e. The van der Waals surface area contributed by atoms with Gasteiger partial charge in [-0.1, -0.05) is 6.07 Å². The summed E-state index contributed by atoms with van der Waals surface area (Å²) in [6.45, 7) is 2.30. The van der Waals surface area contributed by atoms with E-state index in [2.05, 4.69) is 0 Å². The van der Waals surface area contributed by atoms with E-state index in [-0.39, 0.29) is 11.7 Å². The van der Waals surface area contributed by atoms with Gasteiger partial charge in [0.15, 0.2) is 0 Å². The highest BCUT2D eigenvalue weighted by Crippen LogP contribution is 2.15. The third-order valence-corrected chi connectivity index (χ3v) is 4.99. The Labute approximate surface area is 118 Å². The van der Waals surface area contributed by atoms with Gasteiger partial charge in [0.2, 0.25) is 5.91 Å². The second-order valence-electron chi connectivity index (χ2n) is 4.16. The van der Waals surface area contributed by atoms with Crippen LogP contribution in [0.4, 0.5) is 0 Å². The van der Waals surface area contributed by atoms with Crippen molar-refractivity contribution in [1.82, 2.24) is 4.90 Å². The Morgan fingerprint density at radius 1 is 1.47 bits per heavy atom. The summed E-state index contributed by atoms with van der Waals surface area (Å²) >= 11 is 1.60. The number of thiophene rings is 1. The highest BCUT2D eigenvalue weighted by Gasteiger charge is 2.17. The van der Waals surface area contributed by atoms with Crippen molar-refractivity contribution in [2.75, 3.05) is 12.8 Å². The van der Waals surface area contributed by atoms with E-state index in [4.69, 9.17) is 4.42 Å². The van der Waals surface area contributed by atoms with Gasteiger partial charge in [0, 0.05) is 11.9 Å². The number of hydrogen-bond donors (Lipinski definition) is 0. The van der Waals surface area contributed by atoms with Crippen LogP contribution in [0.2, 0.25) is 0 Å². The molecule has 1 atom stereocenters. The lowest BCUT2D eigenvalue weighted by Crippen LogP contribution is -2.30. The first-order chi connectivity index (χ1) is 9.08. The van der Waals surface area contributed by atoms with E-state index in [1.807, 2.05) is 17.5 Å². The maximum absolute atomic E-state index is 12.1. The van der Waals surface area contributed by atoms with Crippen molar-refractivity contribution in [3.8, 4) is 0 Å². The van der Waals surface area contributed by atoms with Gasteiger partial charge in [-0.25, -0.2) is 0 Å². The summed E-state index contributed by atoms with van der Waals surface area (Å²) in [6, 6.07) is 5.58. The van der Waals surface area contributed by atoms with Crippen molar-refractivity contribution in [3.05, 3.63) is 40.5 Å². The predicted molar refractivity (Wildman–Crippen MR) is 75.5 cm³/mol. The second kappa shape index (κ2) is 6.16. The van der Waals surface area contributed by atoms with Crippen molar-refractivity contribution < 1.29 is 13.4 Å². The molecule has 102 valence electrons. The van der Waals surface area contributed by atoms with Gasteiger partial charge in [0.25, 0.3) is 0 Å². The van der Waals surface area contributed by atoms with E-state index >= 15 is 0 Å². The van der Waals surface area contributed by atoms with Crippen LogP contribution in [0.15, 0.2) is 39.2 Å². The fraction of sp³-hybridized carbons (Fsp3) is 0.308. The normalized spacial score (nSPS) is 12.3. The lowest BCUT2D eigenvalue weighted by Gasteiger charge is -2.15. The first-order valence-corrected chi connectivity index (χ1v) is 7.96. The number of rotatable bonds is 5. The van der Waals surface area contributed by atoms with Gasteiger partial charge >= 0.3 is 0 Å². The number of hydrogen-bond acceptors (Lipinski definition) is 4. The fourth-order valence-corrected chi connectivity index (χ4v) is 3.57. The number of amides is 1. The van der Waals surface area contributed by atoms with Crippen LogP contribution in [0.5, 0.6) is 0 Å². The molecule has 0 saturated heterocycles. The molecule has 0 N–H and O–H groups in total. The van der Waals surface area contributed by atoms with Crippen LogP contribution in [0.1, 0.15) is 10.6 Å². The number of furan rings is 1. The highest BCUT2D eigenvalue weighted by atomic mass is 32.2. The van der Waals surface area contributed by atoms with E-state index in [0.717, 1.165) is 4.88 Å². The van der Waals surface area contributed by atoms with Crippen LogP contribution in [0, 0.1) is 6.92 Å². The Morgan fingerprint density at radius 2 is 2.26 bits per heavy atom. The molecule has 2 rings (SSSR count). The summed E-state index contributed by atoms with van der Waals surface area (Å²) in [5.41, 5.74) is 0. The molecular formula is C13H15NO3S2. The van der Waals surface area contributed by atoms with Crippen LogP contribution in [0.3, 0.4) is 0 Å². The second-order valence-corrected chi connectivity index (χ2v) is 6.61. The van der Waals surface area contributed by atoms with Crippen LogP contribution >= 0.6 is 11.3 Å². The first-order valence-electron chi connectivity index (χ1n) is 5.76. The summed E-state index contributed by atoms with van der Waals surface area (Å²) in [5.74, 6) is 0.460. The Bertz CT molecular complexity index is 574. The molecule has 0 radical (unpaired) electrons. The lowest BCUT2D eigenvalue weighted by molar-refractivity contribution is -0.127. The molecule has 0 bridgehead atoms. The van der Waals surface area contributed by atoms with Crippen molar-refractivity contribution in [2.24, 2.45) is 0 Å². The molecule has 2 aromatic rings. The predicted octanol–water partition coefficient (Wildman–Crippen LogP) is 2.42. The van der Waals surface area contributed by atoms with Crippen molar-refractivity contribution in [1.29, 1.82) is 0 Å². The molecule has 0 spiro atoms. The van der Waals surface area contributed by atoms with Gasteiger partial charge in [-0.2, -0.15) is 0 Å². The van der Waals surface area contributed by atoms with Gasteiger partial charge < -0.3 is 9.32 Å². The summed E-state index contributed by atoms with van der Waals surface area (Å²) in [4.78, 5) is 15.3. The average molecular weight is 297 g/mol. The highest BCUT2D eigenvalue weighted by molar-refractivity contribution is 7.85. The average Bonchev–Trinajstić information content (AvgIpc) is 3.00. The molecule has 4 nitrogen and oxygen atoms in total. The van der Waals surface area contributed by atoms with Gasteiger partial charge in [-0.3, -0.25) is 9.00 Å². The third kappa shape index (κ3) is 3.54. The SMILES string of the molecule is Cc1occc1[S@](=O)CC(=O)N(C)Cc1cccs1. The number of nitrogens with zero attached hydrogens (tertiary/aromatic N) is 1. The number of carbonyl (C=O) groups excluding carboxylic acids is 1. The van der Waals surface area contributed by atoms with E-state index < -0.39 is 10.8 Å². The Balaban J connectivity index is 1.94. The Hall–Kier alpha value is -1.40. The number of aryl methyl sites for hydroxylation is 1. The zero-order valence-electron chi connectivity index (χ0n) is 10.8. The summed E-state index contributed by atoms with van der Waals surface area (Å²) in [6.07, 6.45) is 1.49. The monoisotopic (exact) mass is 297 g/mol. The fourth-order valence-electron chi connectivity index (χ4n) is 1.63. The standard InChI is InChI=1S/C13H15NO3S2/c1-10-12(5-6-17-10)19(16)9-13(15)14(2)8-11-4-3-7-18-11/h3-7H,8-9H2,1-2H3/t19-/m1/s1. The Kier molecular flexibility index (Phi) is 4.55. The van der Waals surface area contributed by atoms with Gasteiger partial charge in [0.1, 0.15) is 11.5 Å². The zero-order chi connectivity index (χ0) is 13.8. The summed E-state index contributed by atoms with van der Waals surface area (Å²) < 4.78 is 17.1. The summed E-state index contributed by atoms with van der Waals surface area (Å²) in [5, 5.41) is 1.97. The zero-order valence-corrected chi connectivity index (χ0v) is 12.4. The maximum atomic E-state index is 12.1.